The van der Waals surface area contributed by atoms with E-state index in [4.69, 9.17) is 0 Å². The van der Waals surface area contributed by atoms with Crippen LogP contribution in [0.2, 0.25) is 0 Å². The first-order valence-electron chi connectivity index (χ1n) is 3.12. The van der Waals surface area contributed by atoms with Crippen LogP contribution in [0, 0.1) is 0 Å². The minimum Gasteiger partial charge on any atom is -0.382 e. The lowest BCUT2D eigenvalue weighted by Gasteiger charge is -2.11. The van der Waals surface area contributed by atoms with E-state index in [1.54, 1.807) is 19.1 Å². The van der Waals surface area contributed by atoms with E-state index >= 15 is 0 Å². The van der Waals surface area contributed by atoms with Crippen molar-refractivity contribution in [3.63, 3.8) is 0 Å². The van der Waals surface area contributed by atoms with Crippen LogP contribution in [0.15, 0.2) is 24.3 Å². The zero-order valence-corrected chi connectivity index (χ0v) is 6.26. The standard InChI is InChI=1S/C8H14O/c1-4-6-8(3,9)7-5-2/h4-7,9H,1-3H3/b6-4+,7-5+. The molecule has 52 valence electrons. The van der Waals surface area contributed by atoms with E-state index < -0.39 is 5.60 Å². The summed E-state index contributed by atoms with van der Waals surface area (Å²) >= 11 is 0. The molecule has 0 aromatic rings. The average Bonchev–Trinajstić information content (AvgIpc) is 1.64. The Kier molecular flexibility index (Phi) is 3.25. The van der Waals surface area contributed by atoms with Crippen molar-refractivity contribution in [2.75, 3.05) is 0 Å². The lowest BCUT2D eigenvalue weighted by molar-refractivity contribution is 0.164. The van der Waals surface area contributed by atoms with Crippen molar-refractivity contribution in [1.82, 2.24) is 0 Å². The van der Waals surface area contributed by atoms with Gasteiger partial charge < -0.3 is 5.11 Å². The van der Waals surface area contributed by atoms with Gasteiger partial charge in [0.1, 0.15) is 0 Å². The van der Waals surface area contributed by atoms with E-state index in [9.17, 15) is 5.11 Å². The van der Waals surface area contributed by atoms with Crippen molar-refractivity contribution < 1.29 is 5.11 Å². The quantitative estimate of drug-likeness (QED) is 0.560. The van der Waals surface area contributed by atoms with Crippen molar-refractivity contribution >= 4 is 0 Å². The lowest BCUT2D eigenvalue weighted by Crippen LogP contribution is -2.15. The molecule has 0 spiro atoms. The molecule has 0 aromatic heterocycles. The summed E-state index contributed by atoms with van der Waals surface area (Å²) < 4.78 is 0. The van der Waals surface area contributed by atoms with E-state index in [1.807, 2.05) is 26.0 Å². The summed E-state index contributed by atoms with van der Waals surface area (Å²) in [6.07, 6.45) is 7.15. The lowest BCUT2D eigenvalue weighted by atomic mass is 10.1. The molecule has 1 heteroatoms. The molecule has 9 heavy (non-hydrogen) atoms. The largest absolute Gasteiger partial charge is 0.382 e. The normalized spacial score (nSPS) is 13.8. The molecule has 0 radical (unpaired) electrons. The first kappa shape index (κ1) is 8.44. The molecule has 0 aromatic carbocycles. The van der Waals surface area contributed by atoms with Crippen LogP contribution in [0.4, 0.5) is 0 Å². The molecule has 0 saturated heterocycles. The maximum atomic E-state index is 9.34. The van der Waals surface area contributed by atoms with Crippen LogP contribution >= 0.6 is 0 Å². The number of hydrogen-bond donors (Lipinski definition) is 1. The van der Waals surface area contributed by atoms with Gasteiger partial charge in [0, 0.05) is 0 Å². The highest BCUT2D eigenvalue weighted by atomic mass is 16.3. The molecule has 0 unspecified atom stereocenters. The van der Waals surface area contributed by atoms with E-state index in [-0.39, 0.29) is 0 Å². The molecule has 0 heterocycles. The molecule has 1 N–H and O–H groups in total. The maximum absolute atomic E-state index is 9.34. The third-order valence-corrected chi connectivity index (χ3v) is 1.01. The SMILES string of the molecule is C/C=C/C(C)(O)/C=C/C. The third-order valence-electron chi connectivity index (χ3n) is 1.01. The fourth-order valence-corrected chi connectivity index (χ4v) is 0.730. The molecule has 0 aliphatic carbocycles. The van der Waals surface area contributed by atoms with Gasteiger partial charge in [-0.15, -0.1) is 0 Å². The van der Waals surface area contributed by atoms with Gasteiger partial charge in [-0.05, 0) is 20.8 Å². The summed E-state index contributed by atoms with van der Waals surface area (Å²) in [5, 5.41) is 9.34. The second kappa shape index (κ2) is 3.46. The van der Waals surface area contributed by atoms with E-state index in [1.165, 1.54) is 0 Å². The second-order valence-electron chi connectivity index (χ2n) is 2.23. The molecule has 0 atom stereocenters. The first-order valence-corrected chi connectivity index (χ1v) is 3.12. The van der Waals surface area contributed by atoms with Crippen LogP contribution in [-0.4, -0.2) is 10.7 Å². The van der Waals surface area contributed by atoms with E-state index in [2.05, 4.69) is 0 Å². The smallest absolute Gasteiger partial charge is 0.0980 e. The minimum absolute atomic E-state index is 0.760. The van der Waals surface area contributed by atoms with Gasteiger partial charge >= 0.3 is 0 Å². The first-order chi connectivity index (χ1) is 4.12. The van der Waals surface area contributed by atoms with Crippen molar-refractivity contribution in [1.29, 1.82) is 0 Å². The highest BCUT2D eigenvalue weighted by molar-refractivity contribution is 5.09. The fourth-order valence-electron chi connectivity index (χ4n) is 0.730. The van der Waals surface area contributed by atoms with Crippen LogP contribution in [0.3, 0.4) is 0 Å². The predicted octanol–water partition coefficient (Wildman–Crippen LogP) is 1.89. The number of aliphatic hydroxyl groups is 1. The Morgan fingerprint density at radius 3 is 1.67 bits per heavy atom. The molecule has 0 rings (SSSR count). The molecular weight excluding hydrogens is 112 g/mol. The molecule has 0 fully saturated rings. The third kappa shape index (κ3) is 3.98. The summed E-state index contributed by atoms with van der Waals surface area (Å²) in [5.41, 5.74) is -0.760. The summed E-state index contributed by atoms with van der Waals surface area (Å²) in [6, 6.07) is 0. The summed E-state index contributed by atoms with van der Waals surface area (Å²) in [7, 11) is 0. The molecule has 0 bridgehead atoms. The molecule has 0 saturated carbocycles. The topological polar surface area (TPSA) is 20.2 Å². The molecule has 0 aliphatic heterocycles. The Morgan fingerprint density at radius 1 is 1.11 bits per heavy atom. The van der Waals surface area contributed by atoms with Gasteiger partial charge in [0.05, 0.1) is 5.60 Å². The Balaban J connectivity index is 4.01. The van der Waals surface area contributed by atoms with Crippen molar-refractivity contribution in [2.45, 2.75) is 26.4 Å². The summed E-state index contributed by atoms with van der Waals surface area (Å²) in [4.78, 5) is 0. The average molecular weight is 126 g/mol. The van der Waals surface area contributed by atoms with E-state index in [0.29, 0.717) is 0 Å². The Bertz CT molecular complexity index is 107. The van der Waals surface area contributed by atoms with Crippen LogP contribution in [-0.2, 0) is 0 Å². The number of rotatable bonds is 2. The monoisotopic (exact) mass is 126 g/mol. The number of allylic oxidation sites excluding steroid dienone is 2. The Labute approximate surface area is 56.7 Å². The van der Waals surface area contributed by atoms with Crippen LogP contribution < -0.4 is 0 Å². The van der Waals surface area contributed by atoms with E-state index in [0.717, 1.165) is 0 Å². The molecular formula is C8H14O. The Morgan fingerprint density at radius 2 is 1.44 bits per heavy atom. The van der Waals surface area contributed by atoms with Gasteiger partial charge in [-0.1, -0.05) is 24.3 Å². The highest BCUT2D eigenvalue weighted by Crippen LogP contribution is 2.06. The van der Waals surface area contributed by atoms with Crippen molar-refractivity contribution in [3.05, 3.63) is 24.3 Å². The van der Waals surface area contributed by atoms with Crippen molar-refractivity contribution in [2.24, 2.45) is 0 Å². The van der Waals surface area contributed by atoms with Crippen molar-refractivity contribution in [3.8, 4) is 0 Å². The van der Waals surface area contributed by atoms with Gasteiger partial charge in [0.25, 0.3) is 0 Å². The maximum Gasteiger partial charge on any atom is 0.0980 e. The molecule has 1 nitrogen and oxygen atoms in total. The zero-order valence-electron chi connectivity index (χ0n) is 6.26. The Hall–Kier alpha value is -0.560. The molecule has 0 aliphatic rings. The molecule has 0 amide bonds. The van der Waals surface area contributed by atoms with Gasteiger partial charge in [-0.25, -0.2) is 0 Å². The highest BCUT2D eigenvalue weighted by Gasteiger charge is 2.08. The van der Waals surface area contributed by atoms with Gasteiger partial charge in [0.15, 0.2) is 0 Å². The minimum atomic E-state index is -0.760. The van der Waals surface area contributed by atoms with Crippen LogP contribution in [0.5, 0.6) is 0 Å². The second-order valence-corrected chi connectivity index (χ2v) is 2.23. The van der Waals surface area contributed by atoms with Gasteiger partial charge in [0.2, 0.25) is 0 Å². The summed E-state index contributed by atoms with van der Waals surface area (Å²) in [6.45, 7) is 5.52. The van der Waals surface area contributed by atoms with Gasteiger partial charge in [-0.3, -0.25) is 0 Å². The zero-order chi connectivity index (χ0) is 7.33. The number of hydrogen-bond acceptors (Lipinski definition) is 1. The predicted molar refractivity (Wildman–Crippen MR) is 40.3 cm³/mol. The van der Waals surface area contributed by atoms with Crippen LogP contribution in [0.1, 0.15) is 20.8 Å². The van der Waals surface area contributed by atoms with Crippen LogP contribution in [0.25, 0.3) is 0 Å². The fraction of sp³-hybridized carbons (Fsp3) is 0.500. The summed E-state index contributed by atoms with van der Waals surface area (Å²) in [5.74, 6) is 0. The van der Waals surface area contributed by atoms with Gasteiger partial charge in [-0.2, -0.15) is 0 Å².